The molecule has 1 heterocycles. The number of nitrogens with zero attached hydrogens (tertiary/aromatic N) is 1. The summed E-state index contributed by atoms with van der Waals surface area (Å²) in [5.74, 6) is 0.539. The van der Waals surface area contributed by atoms with Crippen molar-refractivity contribution in [3.05, 3.63) is 11.2 Å². The topological polar surface area (TPSA) is 12.4 Å². The van der Waals surface area contributed by atoms with E-state index >= 15 is 0 Å². The zero-order chi connectivity index (χ0) is 6.85. The van der Waals surface area contributed by atoms with Crippen LogP contribution in [0.5, 0.6) is 0 Å². The molecule has 0 bridgehead atoms. The Kier molecular flexibility index (Phi) is 1.91. The highest BCUT2D eigenvalue weighted by Gasteiger charge is 2.09. The van der Waals surface area contributed by atoms with Crippen LogP contribution < -0.4 is 0 Å². The molecule has 0 aromatic carbocycles. The molecule has 2 heteroatoms. The van der Waals surface area contributed by atoms with Gasteiger partial charge in [0.25, 0.3) is 0 Å². The minimum Gasteiger partial charge on any atom is -0.245 e. The van der Waals surface area contributed by atoms with E-state index in [1.165, 1.54) is 5.71 Å². The van der Waals surface area contributed by atoms with Gasteiger partial charge < -0.3 is 0 Å². The third-order valence-corrected chi connectivity index (χ3v) is 1.64. The van der Waals surface area contributed by atoms with Crippen molar-refractivity contribution in [3.63, 3.8) is 0 Å². The monoisotopic (exact) mass is 143 g/mol. The molecule has 0 N–H and O–H groups in total. The van der Waals surface area contributed by atoms with Gasteiger partial charge >= 0.3 is 0 Å². The Morgan fingerprint density at radius 3 is 2.56 bits per heavy atom. The summed E-state index contributed by atoms with van der Waals surface area (Å²) in [7, 11) is 0. The SMILES string of the molecule is CC(C)C1=NC(Cl)=CC1. The van der Waals surface area contributed by atoms with Crippen LogP contribution in [0, 0.1) is 5.92 Å². The molecule has 0 unspecified atom stereocenters. The fraction of sp³-hybridized carbons (Fsp3) is 0.571. The number of aliphatic imine (C=N–C) groups is 1. The van der Waals surface area contributed by atoms with E-state index in [1.54, 1.807) is 0 Å². The fourth-order valence-corrected chi connectivity index (χ4v) is 0.968. The molecular formula is C7H10ClN. The molecule has 0 saturated heterocycles. The lowest BCUT2D eigenvalue weighted by molar-refractivity contribution is 0.872. The summed E-state index contributed by atoms with van der Waals surface area (Å²) in [6.07, 6.45) is 2.88. The highest BCUT2D eigenvalue weighted by molar-refractivity contribution is 6.30. The lowest BCUT2D eigenvalue weighted by atomic mass is 10.1. The summed E-state index contributed by atoms with van der Waals surface area (Å²) in [6.45, 7) is 4.25. The number of allylic oxidation sites excluding steroid dienone is 1. The number of halogens is 1. The lowest BCUT2D eigenvalue weighted by Gasteiger charge is -2.00. The Hall–Kier alpha value is -0.300. The summed E-state index contributed by atoms with van der Waals surface area (Å²) in [5, 5.41) is 0.652. The maximum atomic E-state index is 5.62. The first-order valence-electron chi connectivity index (χ1n) is 3.13. The standard InChI is InChI=1S/C7H10ClN/c1-5(2)6-3-4-7(8)9-6/h4-5H,3H2,1-2H3. The Labute approximate surface area is 60.4 Å². The number of hydrogen-bond donors (Lipinski definition) is 0. The molecule has 0 atom stereocenters. The van der Waals surface area contributed by atoms with Crippen LogP contribution >= 0.6 is 11.6 Å². The van der Waals surface area contributed by atoms with Gasteiger partial charge in [0.05, 0.1) is 0 Å². The van der Waals surface area contributed by atoms with Crippen molar-refractivity contribution in [1.29, 1.82) is 0 Å². The van der Waals surface area contributed by atoms with Gasteiger partial charge in [-0.1, -0.05) is 25.4 Å². The van der Waals surface area contributed by atoms with E-state index in [2.05, 4.69) is 18.8 Å². The molecule has 1 aliphatic rings. The van der Waals surface area contributed by atoms with Gasteiger partial charge in [-0.25, -0.2) is 4.99 Å². The maximum absolute atomic E-state index is 5.62. The third-order valence-electron chi connectivity index (χ3n) is 1.40. The molecule has 0 fully saturated rings. The van der Waals surface area contributed by atoms with Crippen LogP contribution in [0.4, 0.5) is 0 Å². The minimum atomic E-state index is 0.539. The summed E-state index contributed by atoms with van der Waals surface area (Å²) < 4.78 is 0. The van der Waals surface area contributed by atoms with Crippen LogP contribution in [0.3, 0.4) is 0 Å². The average Bonchev–Trinajstić information content (AvgIpc) is 2.14. The minimum absolute atomic E-state index is 0.539. The van der Waals surface area contributed by atoms with Gasteiger partial charge in [-0.3, -0.25) is 0 Å². The number of hydrogen-bond acceptors (Lipinski definition) is 1. The van der Waals surface area contributed by atoms with Crippen molar-refractivity contribution in [2.75, 3.05) is 0 Å². The van der Waals surface area contributed by atoms with Gasteiger partial charge in [-0.2, -0.15) is 0 Å². The molecule has 0 spiro atoms. The largest absolute Gasteiger partial charge is 0.245 e. The zero-order valence-corrected chi connectivity index (χ0v) is 6.44. The Bertz CT molecular complexity index is 168. The summed E-state index contributed by atoms with van der Waals surface area (Å²) in [4.78, 5) is 4.13. The second-order valence-corrected chi connectivity index (χ2v) is 2.88. The van der Waals surface area contributed by atoms with Gasteiger partial charge in [0.15, 0.2) is 0 Å². The first kappa shape index (κ1) is 6.81. The van der Waals surface area contributed by atoms with Crippen molar-refractivity contribution in [1.82, 2.24) is 0 Å². The predicted octanol–water partition coefficient (Wildman–Crippen LogP) is 2.57. The quantitative estimate of drug-likeness (QED) is 0.501. The van der Waals surface area contributed by atoms with Gasteiger partial charge in [-0.05, 0) is 12.0 Å². The average molecular weight is 144 g/mol. The van der Waals surface area contributed by atoms with E-state index in [9.17, 15) is 0 Å². The molecule has 1 rings (SSSR count). The Morgan fingerprint density at radius 2 is 2.33 bits per heavy atom. The van der Waals surface area contributed by atoms with Crippen LogP contribution in [0.2, 0.25) is 0 Å². The molecule has 1 aliphatic heterocycles. The molecule has 0 radical (unpaired) electrons. The molecule has 50 valence electrons. The van der Waals surface area contributed by atoms with Crippen LogP contribution in [-0.4, -0.2) is 5.71 Å². The van der Waals surface area contributed by atoms with Crippen molar-refractivity contribution < 1.29 is 0 Å². The highest BCUT2D eigenvalue weighted by Crippen LogP contribution is 2.17. The maximum Gasteiger partial charge on any atom is 0.125 e. The van der Waals surface area contributed by atoms with Crippen LogP contribution in [0.15, 0.2) is 16.2 Å². The Balaban J connectivity index is 2.60. The second kappa shape index (κ2) is 2.53. The molecule has 0 saturated carbocycles. The lowest BCUT2D eigenvalue weighted by Crippen LogP contribution is -2.02. The van der Waals surface area contributed by atoms with Crippen LogP contribution in [0.1, 0.15) is 20.3 Å². The van der Waals surface area contributed by atoms with Crippen molar-refractivity contribution in [2.24, 2.45) is 10.9 Å². The zero-order valence-electron chi connectivity index (χ0n) is 5.69. The van der Waals surface area contributed by atoms with Gasteiger partial charge in [0, 0.05) is 12.1 Å². The van der Waals surface area contributed by atoms with E-state index in [4.69, 9.17) is 11.6 Å². The summed E-state index contributed by atoms with van der Waals surface area (Å²) in [6, 6.07) is 0. The van der Waals surface area contributed by atoms with Crippen LogP contribution in [-0.2, 0) is 0 Å². The Morgan fingerprint density at radius 1 is 1.67 bits per heavy atom. The normalized spacial score (nSPS) is 18.2. The van der Waals surface area contributed by atoms with Crippen molar-refractivity contribution in [3.8, 4) is 0 Å². The summed E-state index contributed by atoms with van der Waals surface area (Å²) >= 11 is 5.62. The second-order valence-electron chi connectivity index (χ2n) is 2.49. The van der Waals surface area contributed by atoms with E-state index in [1.807, 2.05) is 6.08 Å². The third kappa shape index (κ3) is 1.55. The van der Waals surface area contributed by atoms with E-state index in [-0.39, 0.29) is 0 Å². The van der Waals surface area contributed by atoms with Gasteiger partial charge in [0.1, 0.15) is 5.16 Å². The molecule has 0 amide bonds. The fourth-order valence-electron chi connectivity index (χ4n) is 0.782. The molecule has 0 aliphatic carbocycles. The van der Waals surface area contributed by atoms with Crippen LogP contribution in [0.25, 0.3) is 0 Å². The van der Waals surface area contributed by atoms with E-state index < -0.39 is 0 Å². The molecule has 9 heavy (non-hydrogen) atoms. The smallest absolute Gasteiger partial charge is 0.125 e. The van der Waals surface area contributed by atoms with Crippen molar-refractivity contribution >= 4 is 17.3 Å². The molecule has 0 aromatic rings. The highest BCUT2D eigenvalue weighted by atomic mass is 35.5. The molecular weight excluding hydrogens is 134 g/mol. The predicted molar refractivity (Wildman–Crippen MR) is 40.8 cm³/mol. The first-order valence-corrected chi connectivity index (χ1v) is 3.51. The molecule has 1 nitrogen and oxygen atoms in total. The van der Waals surface area contributed by atoms with E-state index in [0.717, 1.165) is 6.42 Å². The molecule has 0 aromatic heterocycles. The summed E-state index contributed by atoms with van der Waals surface area (Å²) in [5.41, 5.74) is 1.19. The first-order chi connectivity index (χ1) is 4.20. The number of rotatable bonds is 1. The van der Waals surface area contributed by atoms with Gasteiger partial charge in [0.2, 0.25) is 0 Å². The van der Waals surface area contributed by atoms with E-state index in [0.29, 0.717) is 11.1 Å². The van der Waals surface area contributed by atoms with Gasteiger partial charge in [-0.15, -0.1) is 0 Å². The van der Waals surface area contributed by atoms with Crippen molar-refractivity contribution in [2.45, 2.75) is 20.3 Å².